The van der Waals surface area contributed by atoms with E-state index in [1.807, 2.05) is 0 Å². The molecule has 1 aliphatic rings. The van der Waals surface area contributed by atoms with Crippen molar-refractivity contribution in [3.05, 3.63) is 28.5 Å². The summed E-state index contributed by atoms with van der Waals surface area (Å²) in [6, 6.07) is 3.53. The van der Waals surface area contributed by atoms with Gasteiger partial charge in [-0.15, -0.1) is 0 Å². The maximum atomic E-state index is 11.8. The van der Waals surface area contributed by atoms with Gasteiger partial charge in [0.25, 0.3) is 5.91 Å². The first-order chi connectivity index (χ1) is 7.11. The lowest BCUT2D eigenvalue weighted by Crippen LogP contribution is -2.29. The fraction of sp³-hybridized carbons (Fsp3) is 0.455. The standard InChI is InChI=1S/C11H13BrN2O/c1-11(4-5-11)7-14-10(15)8-3-2-6-13-9(8)12/h2-3,6H,4-5,7H2,1H3,(H,14,15). The minimum absolute atomic E-state index is 0.0527. The molecule has 1 heterocycles. The quantitative estimate of drug-likeness (QED) is 0.856. The van der Waals surface area contributed by atoms with Crippen LogP contribution in [0, 0.1) is 5.41 Å². The second-order valence-corrected chi connectivity index (χ2v) is 5.09. The van der Waals surface area contributed by atoms with Crippen LogP contribution in [0.5, 0.6) is 0 Å². The summed E-state index contributed by atoms with van der Waals surface area (Å²) in [4.78, 5) is 15.8. The molecule has 1 aromatic heterocycles. The van der Waals surface area contributed by atoms with E-state index < -0.39 is 0 Å². The highest BCUT2D eigenvalue weighted by atomic mass is 79.9. The molecule has 1 saturated carbocycles. The molecule has 0 saturated heterocycles. The zero-order valence-corrected chi connectivity index (χ0v) is 10.2. The van der Waals surface area contributed by atoms with Gasteiger partial charge >= 0.3 is 0 Å². The van der Waals surface area contributed by atoms with E-state index in [1.165, 1.54) is 12.8 Å². The first-order valence-corrected chi connectivity index (χ1v) is 5.79. The number of nitrogens with zero attached hydrogens (tertiary/aromatic N) is 1. The molecule has 0 unspecified atom stereocenters. The second-order valence-electron chi connectivity index (χ2n) is 4.34. The molecule has 80 valence electrons. The van der Waals surface area contributed by atoms with E-state index in [1.54, 1.807) is 18.3 Å². The number of rotatable bonds is 3. The lowest BCUT2D eigenvalue weighted by molar-refractivity contribution is 0.0945. The molecule has 1 aliphatic carbocycles. The number of hydrogen-bond donors (Lipinski definition) is 1. The van der Waals surface area contributed by atoms with Gasteiger partial charge in [0.2, 0.25) is 0 Å². The largest absolute Gasteiger partial charge is 0.351 e. The number of carbonyl (C=O) groups is 1. The molecular formula is C11H13BrN2O. The van der Waals surface area contributed by atoms with Crippen molar-refractivity contribution >= 4 is 21.8 Å². The third-order valence-corrected chi connectivity index (χ3v) is 3.41. The molecule has 1 amide bonds. The molecule has 0 spiro atoms. The average Bonchev–Trinajstić information content (AvgIpc) is 2.95. The molecule has 15 heavy (non-hydrogen) atoms. The molecule has 1 N–H and O–H groups in total. The van der Waals surface area contributed by atoms with Crippen molar-refractivity contribution in [2.75, 3.05) is 6.54 Å². The van der Waals surface area contributed by atoms with Crippen LogP contribution in [-0.4, -0.2) is 17.4 Å². The number of pyridine rings is 1. The Bertz CT molecular complexity index is 388. The summed E-state index contributed by atoms with van der Waals surface area (Å²) in [5, 5.41) is 2.93. The van der Waals surface area contributed by atoms with Crippen molar-refractivity contribution in [1.82, 2.24) is 10.3 Å². The monoisotopic (exact) mass is 268 g/mol. The molecular weight excluding hydrogens is 256 g/mol. The molecule has 0 aliphatic heterocycles. The van der Waals surface area contributed by atoms with Gasteiger partial charge < -0.3 is 5.32 Å². The molecule has 0 bridgehead atoms. The predicted molar refractivity (Wildman–Crippen MR) is 61.6 cm³/mol. The highest BCUT2D eigenvalue weighted by Crippen LogP contribution is 2.44. The van der Waals surface area contributed by atoms with Crippen molar-refractivity contribution in [3.63, 3.8) is 0 Å². The number of carbonyl (C=O) groups excluding carboxylic acids is 1. The molecule has 1 aromatic rings. The van der Waals surface area contributed by atoms with Crippen LogP contribution in [0.3, 0.4) is 0 Å². The Labute approximate surface area is 97.4 Å². The summed E-state index contributed by atoms with van der Waals surface area (Å²) >= 11 is 3.26. The van der Waals surface area contributed by atoms with Crippen molar-refractivity contribution in [2.45, 2.75) is 19.8 Å². The van der Waals surface area contributed by atoms with Gasteiger partial charge in [-0.1, -0.05) is 6.92 Å². The van der Waals surface area contributed by atoms with Gasteiger partial charge in [0.1, 0.15) is 4.60 Å². The van der Waals surface area contributed by atoms with Crippen LogP contribution in [-0.2, 0) is 0 Å². The number of hydrogen-bond acceptors (Lipinski definition) is 2. The average molecular weight is 269 g/mol. The van der Waals surface area contributed by atoms with E-state index in [0.29, 0.717) is 15.6 Å². The Hall–Kier alpha value is -0.900. The Morgan fingerprint density at radius 1 is 1.67 bits per heavy atom. The van der Waals surface area contributed by atoms with Crippen molar-refractivity contribution in [3.8, 4) is 0 Å². The molecule has 0 radical (unpaired) electrons. The Kier molecular flexibility index (Phi) is 2.78. The van der Waals surface area contributed by atoms with E-state index in [0.717, 1.165) is 6.54 Å². The van der Waals surface area contributed by atoms with E-state index in [2.05, 4.69) is 33.2 Å². The van der Waals surface area contributed by atoms with Gasteiger partial charge in [0.05, 0.1) is 5.56 Å². The lowest BCUT2D eigenvalue weighted by atomic mass is 10.1. The number of halogens is 1. The fourth-order valence-electron chi connectivity index (χ4n) is 1.33. The van der Waals surface area contributed by atoms with Crippen LogP contribution in [0.2, 0.25) is 0 Å². The van der Waals surface area contributed by atoms with Crippen molar-refractivity contribution in [2.24, 2.45) is 5.41 Å². The van der Waals surface area contributed by atoms with Gasteiger partial charge in [-0.05, 0) is 46.3 Å². The molecule has 3 nitrogen and oxygen atoms in total. The summed E-state index contributed by atoms with van der Waals surface area (Å²) in [6.45, 7) is 2.94. The van der Waals surface area contributed by atoms with E-state index in [9.17, 15) is 4.79 Å². The van der Waals surface area contributed by atoms with Crippen LogP contribution < -0.4 is 5.32 Å². The molecule has 0 atom stereocenters. The summed E-state index contributed by atoms with van der Waals surface area (Å²) in [5.41, 5.74) is 0.936. The predicted octanol–water partition coefficient (Wildman–Crippen LogP) is 2.37. The maximum absolute atomic E-state index is 11.8. The van der Waals surface area contributed by atoms with E-state index in [-0.39, 0.29) is 5.91 Å². The summed E-state index contributed by atoms with van der Waals surface area (Å²) in [5.74, 6) is -0.0527. The molecule has 1 fully saturated rings. The van der Waals surface area contributed by atoms with Gasteiger partial charge in [-0.3, -0.25) is 4.79 Å². The van der Waals surface area contributed by atoms with Gasteiger partial charge in [0.15, 0.2) is 0 Å². The first kappa shape index (κ1) is 10.6. The van der Waals surface area contributed by atoms with Gasteiger partial charge in [-0.2, -0.15) is 0 Å². The van der Waals surface area contributed by atoms with Crippen molar-refractivity contribution in [1.29, 1.82) is 0 Å². The Morgan fingerprint density at radius 3 is 3.00 bits per heavy atom. The summed E-state index contributed by atoms with van der Waals surface area (Å²) in [6.07, 6.45) is 4.08. The normalized spacial score (nSPS) is 17.2. The van der Waals surface area contributed by atoms with Crippen LogP contribution in [0.4, 0.5) is 0 Å². The number of amides is 1. The van der Waals surface area contributed by atoms with Crippen molar-refractivity contribution < 1.29 is 4.79 Å². The summed E-state index contributed by atoms with van der Waals surface area (Å²) < 4.78 is 0.600. The Balaban J connectivity index is 1.99. The zero-order chi connectivity index (χ0) is 10.9. The van der Waals surface area contributed by atoms with E-state index in [4.69, 9.17) is 0 Å². The minimum atomic E-state index is -0.0527. The fourth-order valence-corrected chi connectivity index (χ4v) is 1.76. The Morgan fingerprint density at radius 2 is 2.40 bits per heavy atom. The van der Waals surface area contributed by atoms with Crippen LogP contribution in [0.25, 0.3) is 0 Å². The summed E-state index contributed by atoms with van der Waals surface area (Å²) in [7, 11) is 0. The van der Waals surface area contributed by atoms with Crippen LogP contribution in [0.1, 0.15) is 30.1 Å². The highest BCUT2D eigenvalue weighted by molar-refractivity contribution is 9.10. The third kappa shape index (κ3) is 2.56. The SMILES string of the molecule is CC1(CNC(=O)c2cccnc2Br)CC1. The topological polar surface area (TPSA) is 42.0 Å². The highest BCUT2D eigenvalue weighted by Gasteiger charge is 2.37. The lowest BCUT2D eigenvalue weighted by Gasteiger charge is -2.10. The van der Waals surface area contributed by atoms with E-state index >= 15 is 0 Å². The third-order valence-electron chi connectivity index (χ3n) is 2.78. The van der Waals surface area contributed by atoms with Gasteiger partial charge in [-0.25, -0.2) is 4.98 Å². The number of nitrogens with one attached hydrogen (secondary N) is 1. The minimum Gasteiger partial charge on any atom is -0.351 e. The molecule has 4 heteroatoms. The first-order valence-electron chi connectivity index (χ1n) is 4.99. The zero-order valence-electron chi connectivity index (χ0n) is 8.59. The van der Waals surface area contributed by atoms with Crippen LogP contribution >= 0.6 is 15.9 Å². The maximum Gasteiger partial charge on any atom is 0.254 e. The number of aromatic nitrogens is 1. The van der Waals surface area contributed by atoms with Gasteiger partial charge in [0, 0.05) is 12.7 Å². The molecule has 0 aromatic carbocycles. The second kappa shape index (κ2) is 3.93. The molecule has 2 rings (SSSR count). The van der Waals surface area contributed by atoms with Crippen LogP contribution in [0.15, 0.2) is 22.9 Å². The smallest absolute Gasteiger partial charge is 0.254 e.